The fourth-order valence-corrected chi connectivity index (χ4v) is 3.98. The smallest absolute Gasteiger partial charge is 0.310 e. The third-order valence-corrected chi connectivity index (χ3v) is 5.35. The maximum Gasteiger partial charge on any atom is 0.310 e. The number of carboxylic acid groups (broad SMARTS) is 1. The van der Waals surface area contributed by atoms with E-state index >= 15 is 0 Å². The van der Waals surface area contributed by atoms with Crippen LogP contribution in [0, 0.1) is 11.3 Å². The monoisotopic (exact) mass is 295 g/mol. The van der Waals surface area contributed by atoms with Gasteiger partial charge in [-0.1, -0.05) is 44.9 Å². The molecule has 0 unspecified atom stereocenters. The van der Waals surface area contributed by atoms with Crippen molar-refractivity contribution >= 4 is 11.9 Å². The van der Waals surface area contributed by atoms with E-state index in [-0.39, 0.29) is 12.3 Å². The summed E-state index contributed by atoms with van der Waals surface area (Å²) >= 11 is 0. The Hall–Kier alpha value is -1.06. The topological polar surface area (TPSA) is 66.4 Å². The molecule has 0 aliphatic heterocycles. The molecular formula is C17H29NO3. The Bertz CT molecular complexity index is 355. The predicted octanol–water partition coefficient (Wildman–Crippen LogP) is 3.50. The van der Waals surface area contributed by atoms with Gasteiger partial charge in [-0.05, 0) is 31.6 Å². The van der Waals surface area contributed by atoms with Crippen LogP contribution in [-0.2, 0) is 9.59 Å². The van der Waals surface area contributed by atoms with Gasteiger partial charge in [0.25, 0.3) is 0 Å². The molecular weight excluding hydrogens is 266 g/mol. The second-order valence-electron chi connectivity index (χ2n) is 6.97. The average Bonchev–Trinajstić information content (AvgIpc) is 2.98. The fourth-order valence-electron chi connectivity index (χ4n) is 3.98. The second kappa shape index (κ2) is 7.81. The van der Waals surface area contributed by atoms with E-state index in [2.05, 4.69) is 5.32 Å². The van der Waals surface area contributed by atoms with Crippen LogP contribution in [0.2, 0.25) is 0 Å². The molecule has 2 aliphatic carbocycles. The average molecular weight is 295 g/mol. The van der Waals surface area contributed by atoms with Crippen molar-refractivity contribution in [1.82, 2.24) is 5.32 Å². The van der Waals surface area contributed by atoms with E-state index in [4.69, 9.17) is 0 Å². The molecule has 4 nitrogen and oxygen atoms in total. The number of aliphatic carboxylic acids is 1. The molecule has 4 heteroatoms. The van der Waals surface area contributed by atoms with Crippen LogP contribution in [0.1, 0.15) is 77.0 Å². The van der Waals surface area contributed by atoms with Crippen LogP contribution < -0.4 is 5.32 Å². The Morgan fingerprint density at radius 3 is 2.33 bits per heavy atom. The van der Waals surface area contributed by atoms with Crippen LogP contribution in [0.4, 0.5) is 0 Å². The van der Waals surface area contributed by atoms with Gasteiger partial charge in [0, 0.05) is 13.0 Å². The van der Waals surface area contributed by atoms with E-state index in [1.54, 1.807) is 0 Å². The lowest BCUT2D eigenvalue weighted by Gasteiger charge is -2.32. The molecule has 0 bridgehead atoms. The van der Waals surface area contributed by atoms with Crippen molar-refractivity contribution in [3.63, 3.8) is 0 Å². The van der Waals surface area contributed by atoms with Gasteiger partial charge in [-0.2, -0.15) is 0 Å². The second-order valence-corrected chi connectivity index (χ2v) is 6.97. The van der Waals surface area contributed by atoms with Gasteiger partial charge in [0.15, 0.2) is 0 Å². The molecule has 1 amide bonds. The molecule has 0 heterocycles. The molecule has 0 radical (unpaired) electrons. The minimum absolute atomic E-state index is 0.0780. The van der Waals surface area contributed by atoms with Gasteiger partial charge < -0.3 is 10.4 Å². The van der Waals surface area contributed by atoms with Crippen molar-refractivity contribution < 1.29 is 14.7 Å². The quantitative estimate of drug-likeness (QED) is 0.706. The first kappa shape index (κ1) is 16.3. The fraction of sp³-hybridized carbons (Fsp3) is 0.882. The highest BCUT2D eigenvalue weighted by Gasteiger charge is 2.41. The Kier molecular flexibility index (Phi) is 6.07. The molecule has 2 saturated carbocycles. The van der Waals surface area contributed by atoms with Crippen LogP contribution in [0.5, 0.6) is 0 Å². The number of hydrogen-bond acceptors (Lipinski definition) is 2. The lowest BCUT2D eigenvalue weighted by atomic mass is 9.71. The number of carboxylic acids is 1. The highest BCUT2D eigenvalue weighted by Crippen LogP contribution is 2.39. The summed E-state index contributed by atoms with van der Waals surface area (Å²) in [6, 6.07) is 0. The van der Waals surface area contributed by atoms with Gasteiger partial charge in [0.2, 0.25) is 5.91 Å². The van der Waals surface area contributed by atoms with Crippen molar-refractivity contribution in [2.75, 3.05) is 6.54 Å². The summed E-state index contributed by atoms with van der Waals surface area (Å²) in [6.07, 6.45) is 12.0. The van der Waals surface area contributed by atoms with Gasteiger partial charge in [-0.25, -0.2) is 0 Å². The molecule has 0 aromatic carbocycles. The zero-order chi connectivity index (χ0) is 15.1. The third-order valence-electron chi connectivity index (χ3n) is 5.35. The van der Waals surface area contributed by atoms with Crippen molar-refractivity contribution in [2.45, 2.75) is 77.0 Å². The Balaban J connectivity index is 1.68. The molecule has 2 N–H and O–H groups in total. The summed E-state index contributed by atoms with van der Waals surface area (Å²) < 4.78 is 0. The standard InChI is InChI=1S/C17H29NO3/c19-15(18-12-6-9-14-7-2-3-8-14)13-17(16(20)21)10-4-1-5-11-17/h14H,1-13H2,(H,18,19)(H,20,21). The molecule has 120 valence electrons. The van der Waals surface area contributed by atoms with E-state index in [1.165, 1.54) is 32.1 Å². The van der Waals surface area contributed by atoms with E-state index in [0.717, 1.165) is 31.6 Å². The molecule has 21 heavy (non-hydrogen) atoms. The number of rotatable bonds is 7. The first-order valence-corrected chi connectivity index (χ1v) is 8.62. The van der Waals surface area contributed by atoms with Gasteiger partial charge in [0.05, 0.1) is 5.41 Å². The number of hydrogen-bond donors (Lipinski definition) is 2. The number of amides is 1. The maximum absolute atomic E-state index is 12.0. The molecule has 0 aromatic rings. The number of carbonyl (C=O) groups excluding carboxylic acids is 1. The molecule has 2 rings (SSSR count). The van der Waals surface area contributed by atoms with E-state index in [1.807, 2.05) is 0 Å². The Morgan fingerprint density at radius 2 is 1.71 bits per heavy atom. The highest BCUT2D eigenvalue weighted by atomic mass is 16.4. The summed E-state index contributed by atoms with van der Waals surface area (Å²) in [5, 5.41) is 12.4. The SMILES string of the molecule is O=C(CC1(C(=O)O)CCCCC1)NCCCC1CCCC1. The molecule has 2 aliphatic rings. The van der Waals surface area contributed by atoms with Crippen LogP contribution in [0.25, 0.3) is 0 Å². The van der Waals surface area contributed by atoms with Crippen molar-refractivity contribution in [2.24, 2.45) is 11.3 Å². The van der Waals surface area contributed by atoms with E-state index in [9.17, 15) is 14.7 Å². The number of nitrogens with one attached hydrogen (secondary N) is 1. The van der Waals surface area contributed by atoms with Gasteiger partial charge >= 0.3 is 5.97 Å². The minimum atomic E-state index is -0.798. The van der Waals surface area contributed by atoms with Crippen LogP contribution in [0.15, 0.2) is 0 Å². The summed E-state index contributed by atoms with van der Waals surface area (Å²) in [5.74, 6) is -0.0142. The van der Waals surface area contributed by atoms with Crippen molar-refractivity contribution in [3.8, 4) is 0 Å². The molecule has 0 aromatic heterocycles. The lowest BCUT2D eigenvalue weighted by Crippen LogP contribution is -2.39. The lowest BCUT2D eigenvalue weighted by molar-refractivity contribution is -0.154. The zero-order valence-electron chi connectivity index (χ0n) is 13.0. The summed E-state index contributed by atoms with van der Waals surface area (Å²) in [4.78, 5) is 23.6. The van der Waals surface area contributed by atoms with E-state index < -0.39 is 11.4 Å². The zero-order valence-corrected chi connectivity index (χ0v) is 13.0. The van der Waals surface area contributed by atoms with Crippen LogP contribution in [0.3, 0.4) is 0 Å². The first-order valence-electron chi connectivity index (χ1n) is 8.62. The van der Waals surface area contributed by atoms with Gasteiger partial charge in [-0.3, -0.25) is 9.59 Å². The molecule has 0 spiro atoms. The highest BCUT2D eigenvalue weighted by molar-refractivity contribution is 5.85. The van der Waals surface area contributed by atoms with Gasteiger partial charge in [-0.15, -0.1) is 0 Å². The minimum Gasteiger partial charge on any atom is -0.481 e. The maximum atomic E-state index is 12.0. The first-order chi connectivity index (χ1) is 10.1. The van der Waals surface area contributed by atoms with Gasteiger partial charge in [0.1, 0.15) is 0 Å². The van der Waals surface area contributed by atoms with Crippen LogP contribution >= 0.6 is 0 Å². The van der Waals surface area contributed by atoms with E-state index in [0.29, 0.717) is 19.4 Å². The summed E-state index contributed by atoms with van der Waals surface area (Å²) in [5.41, 5.74) is -0.798. The number of carbonyl (C=O) groups is 2. The van der Waals surface area contributed by atoms with Crippen LogP contribution in [-0.4, -0.2) is 23.5 Å². The van der Waals surface area contributed by atoms with Crippen molar-refractivity contribution in [3.05, 3.63) is 0 Å². The normalized spacial score (nSPS) is 22.1. The third kappa shape index (κ3) is 4.72. The summed E-state index contributed by atoms with van der Waals surface area (Å²) in [6.45, 7) is 0.699. The Labute approximate surface area is 127 Å². The summed E-state index contributed by atoms with van der Waals surface area (Å²) in [7, 11) is 0. The predicted molar refractivity (Wildman–Crippen MR) is 82.0 cm³/mol. The Morgan fingerprint density at radius 1 is 1.05 bits per heavy atom. The molecule has 2 fully saturated rings. The van der Waals surface area contributed by atoms with Crippen molar-refractivity contribution in [1.29, 1.82) is 0 Å². The molecule has 0 saturated heterocycles. The molecule has 0 atom stereocenters. The largest absolute Gasteiger partial charge is 0.481 e.